The molecule has 0 unspecified atom stereocenters. The highest BCUT2D eigenvalue weighted by molar-refractivity contribution is 5.91. The molecule has 2 aromatic rings. The quantitative estimate of drug-likeness (QED) is 0.764. The lowest BCUT2D eigenvalue weighted by Gasteiger charge is -1.98. The third-order valence-electron chi connectivity index (χ3n) is 1.91. The van der Waals surface area contributed by atoms with Crippen LogP contribution in [0, 0.1) is 0 Å². The van der Waals surface area contributed by atoms with Gasteiger partial charge in [-0.3, -0.25) is 9.63 Å². The number of aromatic nitrogens is 3. The average Bonchev–Trinajstić information content (AvgIpc) is 2.80. The third-order valence-corrected chi connectivity index (χ3v) is 1.91. The van der Waals surface area contributed by atoms with E-state index < -0.39 is 5.91 Å². The lowest BCUT2D eigenvalue weighted by atomic mass is 10.3. The van der Waals surface area contributed by atoms with Gasteiger partial charge in [0, 0.05) is 0 Å². The van der Waals surface area contributed by atoms with E-state index in [-0.39, 0.29) is 5.69 Å². The molecule has 82 valence electrons. The molecular formula is C10H10N4O2. The van der Waals surface area contributed by atoms with Crippen molar-refractivity contribution in [2.24, 2.45) is 0 Å². The molecule has 0 aliphatic carbocycles. The Morgan fingerprint density at radius 2 is 2.12 bits per heavy atom. The average molecular weight is 218 g/mol. The second-order valence-corrected chi connectivity index (χ2v) is 2.99. The van der Waals surface area contributed by atoms with E-state index in [1.807, 2.05) is 30.3 Å². The lowest BCUT2D eigenvalue weighted by Crippen LogP contribution is -2.22. The maximum Gasteiger partial charge on any atom is 0.297 e. The van der Waals surface area contributed by atoms with Crippen molar-refractivity contribution >= 4 is 5.91 Å². The molecule has 1 N–H and O–H groups in total. The molecule has 2 rings (SSSR count). The van der Waals surface area contributed by atoms with Crippen LogP contribution < -0.4 is 5.48 Å². The lowest BCUT2D eigenvalue weighted by molar-refractivity contribution is 0.0532. The van der Waals surface area contributed by atoms with Crippen LogP contribution in [-0.4, -0.2) is 28.0 Å². The summed E-state index contributed by atoms with van der Waals surface area (Å²) in [5.74, 6) is -0.426. The Morgan fingerprint density at radius 1 is 1.38 bits per heavy atom. The number of rotatable bonds is 3. The van der Waals surface area contributed by atoms with Crippen molar-refractivity contribution in [2.45, 2.75) is 0 Å². The van der Waals surface area contributed by atoms with Gasteiger partial charge in [0.1, 0.15) is 0 Å². The Kier molecular flexibility index (Phi) is 2.93. The topological polar surface area (TPSA) is 69.0 Å². The minimum Gasteiger partial charge on any atom is -0.277 e. The van der Waals surface area contributed by atoms with Crippen LogP contribution in [0.1, 0.15) is 10.5 Å². The van der Waals surface area contributed by atoms with Gasteiger partial charge in [-0.2, -0.15) is 9.90 Å². The van der Waals surface area contributed by atoms with Gasteiger partial charge < -0.3 is 0 Å². The molecule has 0 bridgehead atoms. The number of carbonyl (C=O) groups is 1. The molecule has 0 saturated carbocycles. The molecule has 0 atom stereocenters. The number of carbonyl (C=O) groups excluding carboxylic acids is 1. The second-order valence-electron chi connectivity index (χ2n) is 2.99. The molecule has 0 fully saturated rings. The predicted molar refractivity (Wildman–Crippen MR) is 55.8 cm³/mol. The molecule has 0 radical (unpaired) electrons. The molecule has 0 saturated heterocycles. The van der Waals surface area contributed by atoms with Crippen molar-refractivity contribution in [2.75, 3.05) is 7.11 Å². The summed E-state index contributed by atoms with van der Waals surface area (Å²) in [5, 5.41) is 7.99. The first kappa shape index (κ1) is 10.3. The molecule has 6 heteroatoms. The summed E-state index contributed by atoms with van der Waals surface area (Å²) in [6.07, 6.45) is 1.38. The Balaban J connectivity index is 2.23. The summed E-state index contributed by atoms with van der Waals surface area (Å²) in [4.78, 5) is 17.2. The molecular weight excluding hydrogens is 208 g/mol. The van der Waals surface area contributed by atoms with Crippen molar-refractivity contribution in [3.63, 3.8) is 0 Å². The van der Waals surface area contributed by atoms with Crippen LogP contribution in [0.5, 0.6) is 0 Å². The Morgan fingerprint density at radius 3 is 2.81 bits per heavy atom. The number of nitrogens with zero attached hydrogens (tertiary/aromatic N) is 3. The van der Waals surface area contributed by atoms with E-state index in [4.69, 9.17) is 0 Å². The number of benzene rings is 1. The van der Waals surface area contributed by atoms with Crippen molar-refractivity contribution in [1.82, 2.24) is 20.5 Å². The Labute approximate surface area is 91.8 Å². The fourth-order valence-corrected chi connectivity index (χ4v) is 1.20. The fraction of sp³-hybridized carbons (Fsp3) is 0.100. The van der Waals surface area contributed by atoms with E-state index in [9.17, 15) is 4.79 Å². The maximum absolute atomic E-state index is 11.3. The van der Waals surface area contributed by atoms with E-state index in [0.29, 0.717) is 0 Å². The SMILES string of the molecule is CONC(=O)c1cnn(-c2ccccc2)n1. The molecule has 1 heterocycles. The van der Waals surface area contributed by atoms with Crippen LogP contribution in [0.25, 0.3) is 5.69 Å². The first-order valence-electron chi connectivity index (χ1n) is 4.62. The third kappa shape index (κ3) is 2.06. The highest BCUT2D eigenvalue weighted by Crippen LogP contribution is 2.03. The standard InChI is InChI=1S/C10H10N4O2/c1-16-13-10(15)9-7-11-14(12-9)8-5-3-2-4-6-8/h2-7H,1H3,(H,13,15). The number of hydrogen-bond donors (Lipinski definition) is 1. The largest absolute Gasteiger partial charge is 0.297 e. The highest BCUT2D eigenvalue weighted by atomic mass is 16.6. The zero-order valence-electron chi connectivity index (χ0n) is 8.62. The van der Waals surface area contributed by atoms with Crippen LogP contribution in [0.3, 0.4) is 0 Å². The summed E-state index contributed by atoms with van der Waals surface area (Å²) < 4.78 is 0. The molecule has 0 aliphatic heterocycles. The number of para-hydroxylation sites is 1. The molecule has 0 spiro atoms. The van der Waals surface area contributed by atoms with E-state index in [2.05, 4.69) is 20.5 Å². The van der Waals surface area contributed by atoms with Crippen LogP contribution in [0.2, 0.25) is 0 Å². The van der Waals surface area contributed by atoms with Crippen molar-refractivity contribution in [3.8, 4) is 5.69 Å². The Hall–Kier alpha value is -2.21. The van der Waals surface area contributed by atoms with Crippen LogP contribution in [0.15, 0.2) is 36.5 Å². The second kappa shape index (κ2) is 4.54. The first-order valence-corrected chi connectivity index (χ1v) is 4.62. The van der Waals surface area contributed by atoms with Crippen molar-refractivity contribution in [3.05, 3.63) is 42.2 Å². The minimum atomic E-state index is -0.426. The normalized spacial score (nSPS) is 10.1. The summed E-state index contributed by atoms with van der Waals surface area (Å²) in [7, 11) is 1.36. The van der Waals surface area contributed by atoms with Gasteiger partial charge >= 0.3 is 0 Å². The van der Waals surface area contributed by atoms with Gasteiger partial charge in [-0.05, 0) is 12.1 Å². The number of nitrogens with one attached hydrogen (secondary N) is 1. The Bertz CT molecular complexity index is 481. The van der Waals surface area contributed by atoms with E-state index in [0.717, 1.165) is 5.69 Å². The smallest absolute Gasteiger partial charge is 0.277 e. The summed E-state index contributed by atoms with van der Waals surface area (Å²) in [5.41, 5.74) is 3.16. The van der Waals surface area contributed by atoms with Gasteiger partial charge in [-0.15, -0.1) is 5.10 Å². The maximum atomic E-state index is 11.3. The van der Waals surface area contributed by atoms with Crippen LogP contribution in [0.4, 0.5) is 0 Å². The van der Waals surface area contributed by atoms with Gasteiger partial charge in [-0.25, -0.2) is 5.48 Å². The van der Waals surface area contributed by atoms with Gasteiger partial charge in [0.05, 0.1) is 19.0 Å². The van der Waals surface area contributed by atoms with E-state index in [1.54, 1.807) is 0 Å². The van der Waals surface area contributed by atoms with Gasteiger partial charge in [0.25, 0.3) is 5.91 Å². The van der Waals surface area contributed by atoms with Crippen LogP contribution in [-0.2, 0) is 4.84 Å². The van der Waals surface area contributed by atoms with E-state index >= 15 is 0 Å². The van der Waals surface area contributed by atoms with E-state index in [1.165, 1.54) is 18.1 Å². The number of amides is 1. The zero-order valence-corrected chi connectivity index (χ0v) is 8.62. The molecule has 1 aromatic carbocycles. The number of hydrogen-bond acceptors (Lipinski definition) is 4. The monoisotopic (exact) mass is 218 g/mol. The summed E-state index contributed by atoms with van der Waals surface area (Å²) in [6.45, 7) is 0. The molecule has 6 nitrogen and oxygen atoms in total. The summed E-state index contributed by atoms with van der Waals surface area (Å²) in [6, 6.07) is 9.32. The minimum absolute atomic E-state index is 0.200. The predicted octanol–water partition coefficient (Wildman–Crippen LogP) is 0.558. The zero-order chi connectivity index (χ0) is 11.4. The molecule has 1 amide bonds. The molecule has 0 aliphatic rings. The van der Waals surface area contributed by atoms with Gasteiger partial charge in [0.15, 0.2) is 5.69 Å². The molecule has 1 aromatic heterocycles. The van der Waals surface area contributed by atoms with Gasteiger partial charge in [0.2, 0.25) is 0 Å². The fourth-order valence-electron chi connectivity index (χ4n) is 1.20. The van der Waals surface area contributed by atoms with Gasteiger partial charge in [-0.1, -0.05) is 18.2 Å². The van der Waals surface area contributed by atoms with Crippen molar-refractivity contribution in [1.29, 1.82) is 0 Å². The number of hydroxylamine groups is 1. The first-order chi connectivity index (χ1) is 7.81. The summed E-state index contributed by atoms with van der Waals surface area (Å²) >= 11 is 0. The highest BCUT2D eigenvalue weighted by Gasteiger charge is 2.10. The van der Waals surface area contributed by atoms with Crippen molar-refractivity contribution < 1.29 is 9.63 Å². The van der Waals surface area contributed by atoms with Crippen LogP contribution >= 0.6 is 0 Å². The molecule has 16 heavy (non-hydrogen) atoms.